The third-order valence-corrected chi connectivity index (χ3v) is 14.1. The zero-order chi connectivity index (χ0) is 46.5. The molecule has 3 N–H and O–H groups in total. The summed E-state index contributed by atoms with van der Waals surface area (Å²) in [6.07, 6.45) is 9.45. The number of hydrogen-bond acceptors (Lipinski definition) is 10. The van der Waals surface area contributed by atoms with Gasteiger partial charge in [0.15, 0.2) is 4.90 Å². The number of amides is 1. The van der Waals surface area contributed by atoms with E-state index in [0.29, 0.717) is 31.1 Å². The fourth-order valence-electron chi connectivity index (χ4n) is 9.19. The second-order valence-corrected chi connectivity index (χ2v) is 19.9. The van der Waals surface area contributed by atoms with Crippen molar-refractivity contribution in [1.29, 1.82) is 0 Å². The standard InChI is InChI=1S/C52H54ClN7O6S/c1-52(2)20-16-40(46(29-52)37-8-11-41(53)12-9-37)33-58-22-18-36(19-23-58)38-10-14-45(49(27-38)66-42-26-39-17-21-54-50(39)56-30-42)51(61)57-67(64)44-13-15-47(48(28-44)60(62)63)55-31-43-34-59(24-25-65-43)32-35-6-4-3-5-7-35/h3-15,17-18,21,26-28,30,43,55H,16,19-20,22-25,29,31-34H2,1-2H3,(H,54,56)(H,57,61). The zero-order valence-corrected chi connectivity index (χ0v) is 39.2. The van der Waals surface area contributed by atoms with E-state index in [4.69, 9.17) is 21.1 Å². The van der Waals surface area contributed by atoms with Gasteiger partial charge in [0, 0.05) is 62.4 Å². The lowest BCUT2D eigenvalue weighted by atomic mass is 9.72. The molecule has 15 heteroatoms. The van der Waals surface area contributed by atoms with Gasteiger partial charge in [0.1, 0.15) is 34.2 Å². The highest BCUT2D eigenvalue weighted by Crippen LogP contribution is 2.44. The Labute approximate surface area is 398 Å². The first-order chi connectivity index (χ1) is 32.4. The summed E-state index contributed by atoms with van der Waals surface area (Å²) in [7, 11) is 0. The number of halogens is 1. The molecule has 13 nitrogen and oxygen atoms in total. The maximum Gasteiger partial charge on any atom is 0.297 e. The van der Waals surface area contributed by atoms with Crippen LogP contribution in [0.5, 0.6) is 11.5 Å². The number of rotatable bonds is 15. The first-order valence-electron chi connectivity index (χ1n) is 22.7. The number of carbonyl (C=O) groups excluding carboxylic acids is 1. The molecule has 3 aliphatic rings. The molecule has 67 heavy (non-hydrogen) atoms. The van der Waals surface area contributed by atoms with Crippen LogP contribution in [-0.4, -0.2) is 87.1 Å². The van der Waals surface area contributed by atoms with Crippen LogP contribution in [0.4, 0.5) is 11.4 Å². The third-order valence-electron chi connectivity index (χ3n) is 12.8. The molecule has 6 aromatic rings. The number of allylic oxidation sites excluding steroid dienone is 1. The van der Waals surface area contributed by atoms with E-state index in [9.17, 15) is 19.5 Å². The molecule has 4 heterocycles. The molecule has 0 bridgehead atoms. The van der Waals surface area contributed by atoms with Crippen LogP contribution in [0.3, 0.4) is 0 Å². The van der Waals surface area contributed by atoms with Crippen molar-refractivity contribution >= 4 is 62.4 Å². The Balaban J connectivity index is 0.897. The predicted octanol–water partition coefficient (Wildman–Crippen LogP) is 10.4. The van der Waals surface area contributed by atoms with Gasteiger partial charge in [-0.15, -0.1) is 0 Å². The minimum atomic E-state index is -2.15. The summed E-state index contributed by atoms with van der Waals surface area (Å²) in [6, 6.07) is 31.8. The summed E-state index contributed by atoms with van der Waals surface area (Å²) in [5.74, 6) is 0.0106. The van der Waals surface area contributed by atoms with Crippen molar-refractivity contribution in [2.24, 2.45) is 5.41 Å². The Bertz CT molecular complexity index is 2820. The van der Waals surface area contributed by atoms with E-state index in [1.54, 1.807) is 18.5 Å². The van der Waals surface area contributed by atoms with Gasteiger partial charge in [0.05, 0.1) is 35.5 Å². The molecule has 1 amide bonds. The summed E-state index contributed by atoms with van der Waals surface area (Å²) in [5, 5.41) is 17.0. The molecule has 9 rings (SSSR count). The van der Waals surface area contributed by atoms with Gasteiger partial charge in [-0.1, -0.05) is 85.6 Å². The number of anilines is 1. The normalized spacial score (nSPS) is 18.3. The molecule has 2 aromatic heterocycles. The molecule has 4 aromatic carbocycles. The number of nitrogens with one attached hydrogen (secondary N) is 3. The molecule has 0 radical (unpaired) electrons. The zero-order valence-electron chi connectivity index (χ0n) is 37.6. The van der Waals surface area contributed by atoms with Crippen molar-refractivity contribution < 1.29 is 23.7 Å². The number of nitrogens with zero attached hydrogens (tertiary/aromatic N) is 4. The molecule has 2 aliphatic heterocycles. The molecule has 2 unspecified atom stereocenters. The Kier molecular flexibility index (Phi) is 14.1. The van der Waals surface area contributed by atoms with E-state index in [0.717, 1.165) is 80.0 Å². The van der Waals surface area contributed by atoms with Crippen molar-refractivity contribution in [3.63, 3.8) is 0 Å². The SMILES string of the molecule is CC1(C)CCC(CN2CC=C(c3ccc(C(=O)N[S+]([O-])c4ccc(NCC5CN(Cc6ccccc6)CCO5)c([N+](=O)[O-])c4)c(Oc4cnc5[nH]ccc5c4)c3)CC2)=C(c2ccc(Cl)cc2)C1. The van der Waals surface area contributed by atoms with Crippen molar-refractivity contribution in [2.45, 2.75) is 57.1 Å². The number of morpholine rings is 1. The predicted molar refractivity (Wildman–Crippen MR) is 265 cm³/mol. The topological polar surface area (TPSA) is 161 Å². The minimum Gasteiger partial charge on any atom is -0.588 e. The lowest BCUT2D eigenvalue weighted by Crippen LogP contribution is -2.44. The molecular formula is C52H54ClN7O6S. The van der Waals surface area contributed by atoms with Crippen LogP contribution in [0.15, 0.2) is 132 Å². The summed E-state index contributed by atoms with van der Waals surface area (Å²) in [4.78, 5) is 38.2. The number of ether oxygens (including phenoxy) is 2. The highest BCUT2D eigenvalue weighted by atomic mass is 35.5. The molecule has 0 spiro atoms. The van der Waals surface area contributed by atoms with E-state index in [2.05, 4.69) is 74.0 Å². The number of hydrogen-bond donors (Lipinski definition) is 3. The molecule has 1 aliphatic carbocycles. The number of aromatic amines is 1. The highest BCUT2D eigenvalue weighted by Gasteiger charge is 2.30. The van der Waals surface area contributed by atoms with Gasteiger partial charge in [0.2, 0.25) is 0 Å². The van der Waals surface area contributed by atoms with Gasteiger partial charge in [-0.05, 0) is 107 Å². The van der Waals surface area contributed by atoms with Crippen LogP contribution >= 0.6 is 11.6 Å². The average molecular weight is 941 g/mol. The second-order valence-electron chi connectivity index (χ2n) is 18.3. The van der Waals surface area contributed by atoms with Gasteiger partial charge in [-0.3, -0.25) is 24.7 Å². The maximum absolute atomic E-state index is 14.0. The Morgan fingerprint density at radius 2 is 1.81 bits per heavy atom. The first kappa shape index (κ1) is 46.1. The number of benzene rings is 4. The van der Waals surface area contributed by atoms with E-state index in [-0.39, 0.29) is 39.1 Å². The molecule has 346 valence electrons. The van der Waals surface area contributed by atoms with Crippen molar-refractivity contribution in [2.75, 3.05) is 51.2 Å². The fourth-order valence-corrected chi connectivity index (χ4v) is 10.1. The van der Waals surface area contributed by atoms with Crippen LogP contribution in [0.25, 0.3) is 22.2 Å². The molecule has 1 fully saturated rings. The van der Waals surface area contributed by atoms with Gasteiger partial charge in [-0.25, -0.2) is 4.98 Å². The Morgan fingerprint density at radius 3 is 2.60 bits per heavy atom. The van der Waals surface area contributed by atoms with Crippen molar-refractivity contribution in [3.8, 4) is 11.5 Å². The summed E-state index contributed by atoms with van der Waals surface area (Å²) >= 11 is 4.11. The monoisotopic (exact) mass is 939 g/mol. The number of pyridine rings is 1. The van der Waals surface area contributed by atoms with Gasteiger partial charge in [-0.2, -0.15) is 4.72 Å². The number of carbonyl (C=O) groups is 1. The summed E-state index contributed by atoms with van der Waals surface area (Å²) < 4.78 is 28.7. The quantitative estimate of drug-likeness (QED) is 0.0514. The van der Waals surface area contributed by atoms with Crippen LogP contribution in [-0.2, 0) is 22.6 Å². The lowest BCUT2D eigenvalue weighted by Gasteiger charge is -2.36. The maximum atomic E-state index is 14.0. The Hall–Kier alpha value is -6.00. The van der Waals surface area contributed by atoms with Crippen LogP contribution in [0, 0.1) is 15.5 Å². The molecular weight excluding hydrogens is 886 g/mol. The van der Waals surface area contributed by atoms with Crippen molar-refractivity contribution in [3.05, 3.63) is 165 Å². The lowest BCUT2D eigenvalue weighted by molar-refractivity contribution is -0.384. The number of aromatic nitrogens is 2. The van der Waals surface area contributed by atoms with E-state index >= 15 is 0 Å². The molecule has 1 saturated heterocycles. The van der Waals surface area contributed by atoms with Crippen molar-refractivity contribution in [1.82, 2.24) is 24.5 Å². The van der Waals surface area contributed by atoms with E-state index in [1.165, 1.54) is 40.5 Å². The van der Waals surface area contributed by atoms with Gasteiger partial charge in [0.25, 0.3) is 11.6 Å². The summed E-state index contributed by atoms with van der Waals surface area (Å²) in [6.45, 7) is 10.3. The largest absolute Gasteiger partial charge is 0.588 e. The molecule has 0 saturated carbocycles. The Morgan fingerprint density at radius 1 is 0.985 bits per heavy atom. The number of nitro groups is 1. The van der Waals surface area contributed by atoms with Crippen LogP contribution in [0.1, 0.15) is 66.6 Å². The van der Waals surface area contributed by atoms with Crippen LogP contribution < -0.4 is 14.8 Å². The van der Waals surface area contributed by atoms with Gasteiger partial charge < -0.3 is 24.3 Å². The third kappa shape index (κ3) is 11.4. The number of H-pyrrole nitrogens is 1. The molecule has 2 atom stereocenters. The smallest absolute Gasteiger partial charge is 0.297 e. The number of nitro benzene ring substituents is 1. The second kappa shape index (κ2) is 20.5. The first-order valence-corrected chi connectivity index (χ1v) is 24.2. The fraction of sp³-hybridized carbons (Fsp3) is 0.308. The summed E-state index contributed by atoms with van der Waals surface area (Å²) in [5.41, 5.74) is 8.46. The minimum absolute atomic E-state index is 0.0691. The number of fused-ring (bicyclic) bond motifs is 1. The van der Waals surface area contributed by atoms with E-state index < -0.39 is 22.2 Å². The van der Waals surface area contributed by atoms with Crippen LogP contribution in [0.2, 0.25) is 5.02 Å². The highest BCUT2D eigenvalue weighted by molar-refractivity contribution is 7.90. The average Bonchev–Trinajstić information content (AvgIpc) is 3.80. The van der Waals surface area contributed by atoms with E-state index in [1.807, 2.05) is 54.6 Å². The van der Waals surface area contributed by atoms with Gasteiger partial charge >= 0.3 is 0 Å².